The van der Waals surface area contributed by atoms with Gasteiger partial charge in [0.25, 0.3) is 5.91 Å². The van der Waals surface area contributed by atoms with E-state index in [9.17, 15) is 9.59 Å². The molecule has 0 atom stereocenters. The van der Waals surface area contributed by atoms with Gasteiger partial charge in [-0.1, -0.05) is 48.5 Å². The van der Waals surface area contributed by atoms with Gasteiger partial charge in [-0.25, -0.2) is 4.79 Å². The van der Waals surface area contributed by atoms with Crippen molar-refractivity contribution in [1.29, 1.82) is 0 Å². The molecule has 0 aliphatic heterocycles. The second-order valence-corrected chi connectivity index (χ2v) is 5.53. The average Bonchev–Trinajstić information content (AvgIpc) is 3.17. The van der Waals surface area contributed by atoms with E-state index in [1.54, 1.807) is 18.3 Å². The number of esters is 1. The first-order chi connectivity index (χ1) is 12.2. The van der Waals surface area contributed by atoms with Gasteiger partial charge in [-0.05, 0) is 35.7 Å². The molecule has 3 aromatic rings. The third kappa shape index (κ3) is 4.57. The lowest BCUT2D eigenvalue weighted by molar-refractivity contribution is -0.119. The number of benzene rings is 2. The second kappa shape index (κ2) is 7.97. The number of anilines is 1. The number of nitrogens with one attached hydrogen (secondary N) is 2. The lowest BCUT2D eigenvalue weighted by atomic mass is 10.0. The smallest absolute Gasteiger partial charge is 0.355 e. The van der Waals surface area contributed by atoms with Crippen LogP contribution in [0.2, 0.25) is 0 Å². The molecule has 0 fully saturated rings. The molecule has 0 aliphatic carbocycles. The molecule has 1 aromatic heterocycles. The topological polar surface area (TPSA) is 71.2 Å². The van der Waals surface area contributed by atoms with Crippen LogP contribution < -0.4 is 5.32 Å². The maximum Gasteiger partial charge on any atom is 0.355 e. The number of aromatic nitrogens is 1. The summed E-state index contributed by atoms with van der Waals surface area (Å²) in [5.41, 5.74) is 3.18. The van der Waals surface area contributed by atoms with Gasteiger partial charge in [0.1, 0.15) is 5.69 Å². The van der Waals surface area contributed by atoms with Crippen molar-refractivity contribution in [3.63, 3.8) is 0 Å². The molecule has 1 heterocycles. The van der Waals surface area contributed by atoms with Crippen molar-refractivity contribution in [3.8, 4) is 0 Å². The van der Waals surface area contributed by atoms with E-state index in [1.807, 2.05) is 54.6 Å². The summed E-state index contributed by atoms with van der Waals surface area (Å²) < 4.78 is 5.00. The SMILES string of the molecule is O=C(COC(=O)c1ccc[nH]1)Nc1ccccc1Cc1ccccc1. The Hall–Kier alpha value is -3.34. The highest BCUT2D eigenvalue weighted by molar-refractivity contribution is 5.95. The Morgan fingerprint density at radius 2 is 1.68 bits per heavy atom. The Morgan fingerprint density at radius 1 is 0.920 bits per heavy atom. The van der Waals surface area contributed by atoms with Gasteiger partial charge in [0.05, 0.1) is 0 Å². The number of carbonyl (C=O) groups excluding carboxylic acids is 2. The number of amides is 1. The quantitative estimate of drug-likeness (QED) is 0.679. The van der Waals surface area contributed by atoms with E-state index in [-0.39, 0.29) is 12.5 Å². The standard InChI is InChI=1S/C20H18N2O3/c23-19(14-25-20(24)18-11-6-12-21-18)22-17-10-5-4-9-16(17)13-15-7-2-1-3-8-15/h1-12,21H,13-14H2,(H,22,23). The first-order valence-electron chi connectivity index (χ1n) is 7.94. The molecule has 0 bridgehead atoms. The Kier molecular flexibility index (Phi) is 5.26. The number of hydrogen-bond acceptors (Lipinski definition) is 3. The van der Waals surface area contributed by atoms with E-state index in [0.29, 0.717) is 17.8 Å². The number of ether oxygens (including phenoxy) is 1. The van der Waals surface area contributed by atoms with Crippen molar-refractivity contribution < 1.29 is 14.3 Å². The van der Waals surface area contributed by atoms with Crippen molar-refractivity contribution in [2.24, 2.45) is 0 Å². The van der Waals surface area contributed by atoms with Crippen molar-refractivity contribution in [2.45, 2.75) is 6.42 Å². The Labute approximate surface area is 145 Å². The Bertz CT molecular complexity index is 842. The molecule has 0 spiro atoms. The third-order valence-electron chi connectivity index (χ3n) is 3.68. The van der Waals surface area contributed by atoms with Gasteiger partial charge in [-0.3, -0.25) is 4.79 Å². The van der Waals surface area contributed by atoms with Crippen LogP contribution in [0.15, 0.2) is 72.9 Å². The van der Waals surface area contributed by atoms with E-state index in [1.165, 1.54) is 0 Å². The summed E-state index contributed by atoms with van der Waals surface area (Å²) in [5, 5.41) is 2.81. The summed E-state index contributed by atoms with van der Waals surface area (Å²) in [7, 11) is 0. The van der Waals surface area contributed by atoms with Crippen LogP contribution in [0.3, 0.4) is 0 Å². The summed E-state index contributed by atoms with van der Waals surface area (Å²) in [6, 6.07) is 20.9. The summed E-state index contributed by atoms with van der Waals surface area (Å²) >= 11 is 0. The summed E-state index contributed by atoms with van der Waals surface area (Å²) in [4.78, 5) is 26.6. The summed E-state index contributed by atoms with van der Waals surface area (Å²) in [6.07, 6.45) is 2.33. The minimum absolute atomic E-state index is 0.317. The van der Waals surface area contributed by atoms with Crippen molar-refractivity contribution in [2.75, 3.05) is 11.9 Å². The lowest BCUT2D eigenvalue weighted by Gasteiger charge is -2.11. The first-order valence-corrected chi connectivity index (χ1v) is 7.94. The minimum atomic E-state index is -0.558. The molecular weight excluding hydrogens is 316 g/mol. The van der Waals surface area contributed by atoms with Gasteiger partial charge in [0.2, 0.25) is 0 Å². The predicted molar refractivity (Wildman–Crippen MR) is 95.4 cm³/mol. The Balaban J connectivity index is 1.60. The zero-order valence-corrected chi connectivity index (χ0v) is 13.6. The van der Waals surface area contributed by atoms with Crippen molar-refractivity contribution in [3.05, 3.63) is 89.7 Å². The molecular formula is C20H18N2O3. The molecule has 0 aliphatic rings. The van der Waals surface area contributed by atoms with Crippen molar-refractivity contribution >= 4 is 17.6 Å². The molecule has 1 amide bonds. The number of aromatic amines is 1. The zero-order chi connectivity index (χ0) is 17.5. The molecule has 0 radical (unpaired) electrons. The van der Waals surface area contributed by atoms with Gasteiger partial charge in [0.15, 0.2) is 6.61 Å². The molecule has 2 N–H and O–H groups in total. The van der Waals surface area contributed by atoms with Crippen LogP contribution >= 0.6 is 0 Å². The second-order valence-electron chi connectivity index (χ2n) is 5.53. The van der Waals surface area contributed by atoms with E-state index in [4.69, 9.17) is 4.74 Å². The molecule has 126 valence electrons. The minimum Gasteiger partial charge on any atom is -0.451 e. The monoisotopic (exact) mass is 334 g/mol. The van der Waals surface area contributed by atoms with Crippen LogP contribution in [0.25, 0.3) is 0 Å². The van der Waals surface area contributed by atoms with Gasteiger partial charge < -0.3 is 15.0 Å². The van der Waals surface area contributed by atoms with Crippen LogP contribution in [0.1, 0.15) is 21.6 Å². The van der Waals surface area contributed by atoms with Crippen LogP contribution in [0, 0.1) is 0 Å². The van der Waals surface area contributed by atoms with E-state index < -0.39 is 5.97 Å². The highest BCUT2D eigenvalue weighted by atomic mass is 16.5. The number of hydrogen-bond donors (Lipinski definition) is 2. The fraction of sp³-hybridized carbons (Fsp3) is 0.100. The summed E-state index contributed by atoms with van der Waals surface area (Å²) in [6.45, 7) is -0.336. The molecule has 5 nitrogen and oxygen atoms in total. The zero-order valence-electron chi connectivity index (χ0n) is 13.6. The molecule has 0 saturated heterocycles. The molecule has 5 heteroatoms. The number of para-hydroxylation sites is 1. The predicted octanol–water partition coefficient (Wildman–Crippen LogP) is 3.40. The van der Waals surface area contributed by atoms with Gasteiger partial charge in [-0.15, -0.1) is 0 Å². The maximum absolute atomic E-state index is 12.1. The maximum atomic E-state index is 12.1. The number of H-pyrrole nitrogens is 1. The molecule has 0 unspecified atom stereocenters. The number of rotatable bonds is 6. The highest BCUT2D eigenvalue weighted by Crippen LogP contribution is 2.19. The highest BCUT2D eigenvalue weighted by Gasteiger charge is 2.12. The van der Waals surface area contributed by atoms with Crippen LogP contribution in [-0.4, -0.2) is 23.5 Å². The summed E-state index contributed by atoms with van der Waals surface area (Å²) in [5.74, 6) is -0.932. The van der Waals surface area contributed by atoms with Crippen molar-refractivity contribution in [1.82, 2.24) is 4.98 Å². The fourth-order valence-corrected chi connectivity index (χ4v) is 2.46. The van der Waals surface area contributed by atoms with Crippen LogP contribution in [-0.2, 0) is 16.0 Å². The Morgan fingerprint density at radius 3 is 2.44 bits per heavy atom. The van der Waals surface area contributed by atoms with Gasteiger partial charge >= 0.3 is 5.97 Å². The fourth-order valence-electron chi connectivity index (χ4n) is 2.46. The third-order valence-corrected chi connectivity index (χ3v) is 3.68. The van der Waals surface area contributed by atoms with Crippen LogP contribution in [0.5, 0.6) is 0 Å². The van der Waals surface area contributed by atoms with Crippen LogP contribution in [0.4, 0.5) is 5.69 Å². The van der Waals surface area contributed by atoms with E-state index >= 15 is 0 Å². The van der Waals surface area contributed by atoms with Gasteiger partial charge in [0, 0.05) is 11.9 Å². The molecule has 25 heavy (non-hydrogen) atoms. The van der Waals surface area contributed by atoms with E-state index in [2.05, 4.69) is 10.3 Å². The largest absolute Gasteiger partial charge is 0.451 e. The van der Waals surface area contributed by atoms with Gasteiger partial charge in [-0.2, -0.15) is 0 Å². The molecule has 2 aromatic carbocycles. The lowest BCUT2D eigenvalue weighted by Crippen LogP contribution is -2.21. The first kappa shape index (κ1) is 16.5. The van der Waals surface area contributed by atoms with E-state index in [0.717, 1.165) is 11.1 Å². The average molecular weight is 334 g/mol. The number of carbonyl (C=O) groups is 2. The molecule has 3 rings (SSSR count). The normalized spacial score (nSPS) is 10.2. The molecule has 0 saturated carbocycles.